The Balaban J connectivity index is -0.000000779. The van der Waals surface area contributed by atoms with Gasteiger partial charge in [0.1, 0.15) is 0 Å². The fourth-order valence-electron chi connectivity index (χ4n) is 3.98. The molecule has 178 valence electrons. The van der Waals surface area contributed by atoms with Crippen molar-refractivity contribution in [3.63, 3.8) is 0 Å². The van der Waals surface area contributed by atoms with Crippen LogP contribution in [0.5, 0.6) is 0 Å². The molecule has 0 heterocycles. The Kier molecular flexibility index (Phi) is 19.8. The Bertz CT molecular complexity index is 318. The van der Waals surface area contributed by atoms with Crippen LogP contribution in [-0.2, 0) is 0 Å². The van der Waals surface area contributed by atoms with Gasteiger partial charge in [0.2, 0.25) is 0 Å². The first-order valence-corrected chi connectivity index (χ1v) is 11.9. The van der Waals surface area contributed by atoms with E-state index in [0.29, 0.717) is 48.3 Å². The van der Waals surface area contributed by atoms with Gasteiger partial charge in [0, 0.05) is 36.3 Å². The summed E-state index contributed by atoms with van der Waals surface area (Å²) in [5.41, 5.74) is 0. The van der Waals surface area contributed by atoms with Crippen LogP contribution in [0, 0.1) is 0 Å². The van der Waals surface area contributed by atoms with E-state index in [-0.39, 0.29) is 18.9 Å². The third kappa shape index (κ3) is 13.1. The minimum atomic E-state index is 0. The van der Waals surface area contributed by atoms with Gasteiger partial charge in [-0.2, -0.15) is 0 Å². The molecule has 0 unspecified atom stereocenters. The molecule has 0 aliphatic rings. The summed E-state index contributed by atoms with van der Waals surface area (Å²) < 4.78 is 0. The van der Waals surface area contributed by atoms with Crippen LogP contribution in [0.4, 0.5) is 0 Å². The molecule has 0 radical (unpaired) electrons. The van der Waals surface area contributed by atoms with Crippen molar-refractivity contribution < 1.29 is 18.9 Å². The van der Waals surface area contributed by atoms with E-state index in [9.17, 15) is 0 Å². The van der Waals surface area contributed by atoms with Crippen LogP contribution in [-0.4, -0.2) is 68.6 Å². The van der Waals surface area contributed by atoms with Crippen molar-refractivity contribution in [2.75, 3.05) is 0 Å². The zero-order valence-electron chi connectivity index (χ0n) is 23.9. The van der Waals surface area contributed by atoms with Crippen molar-refractivity contribution in [2.24, 2.45) is 0 Å². The summed E-state index contributed by atoms with van der Waals surface area (Å²) >= 11 is 0. The first-order valence-electron chi connectivity index (χ1n) is 11.9. The minimum Gasteiger partial charge on any atom is -0.658 e. The van der Waals surface area contributed by atoms with Crippen molar-refractivity contribution in [1.29, 1.82) is 0 Å². The summed E-state index contributed by atoms with van der Waals surface area (Å²) in [4.78, 5) is 0. The van der Waals surface area contributed by atoms with Gasteiger partial charge in [-0.05, 0) is 83.1 Å². The summed E-state index contributed by atoms with van der Waals surface area (Å²) in [5, 5.41) is 14.2. The molecule has 0 rings (SSSR count). The maximum atomic E-state index is 4.28. The minimum absolute atomic E-state index is 0. The molecular weight excluding hydrogens is 365 g/mol. The van der Waals surface area contributed by atoms with Gasteiger partial charge < -0.3 is 5.32 Å². The van der Waals surface area contributed by atoms with Crippen LogP contribution < -0.4 is 18.9 Å². The topological polar surface area (TPSA) is 27.1 Å². The average Bonchev–Trinajstić information content (AvgIpc) is 2.43. The standard InChI is InChI=1S/C18H42N4.C6H14N.Li/c1-13(2)19(14(3)4)22(20(15(5)6)16(7)8)21(17(9)10)18(11)12;1-5(2)7-6(3)4;/h13-18H,1-12H3;5-6H,1-4H3;/q;-1;+1. The zero-order valence-corrected chi connectivity index (χ0v) is 23.9. The van der Waals surface area contributed by atoms with E-state index in [1.165, 1.54) is 0 Å². The van der Waals surface area contributed by atoms with E-state index in [2.05, 4.69) is 136 Å². The smallest absolute Gasteiger partial charge is 0.658 e. The van der Waals surface area contributed by atoms with E-state index in [0.717, 1.165) is 0 Å². The summed E-state index contributed by atoms with van der Waals surface area (Å²) in [6.07, 6.45) is 0. The molecular formula is C24H56LiN5. The third-order valence-electron chi connectivity index (χ3n) is 4.39. The Morgan fingerprint density at radius 2 is 0.533 bits per heavy atom. The average molecular weight is 422 g/mol. The van der Waals surface area contributed by atoms with E-state index in [1.807, 2.05) is 0 Å². The van der Waals surface area contributed by atoms with Crippen LogP contribution in [0.2, 0.25) is 0 Å². The SMILES string of the molecule is CC(C)N(C(C)C)N(N(C(C)C)C(C)C)N(C(C)C)C(C)C.CC(C)[N-]C(C)C.[Li+]. The summed E-state index contributed by atoms with van der Waals surface area (Å²) in [6.45, 7) is 35.8. The first-order chi connectivity index (χ1) is 13.1. The van der Waals surface area contributed by atoms with Crippen molar-refractivity contribution in [1.82, 2.24) is 20.3 Å². The van der Waals surface area contributed by atoms with E-state index in [1.54, 1.807) is 0 Å². The van der Waals surface area contributed by atoms with E-state index in [4.69, 9.17) is 0 Å². The summed E-state index contributed by atoms with van der Waals surface area (Å²) in [7, 11) is 0. The van der Waals surface area contributed by atoms with Crippen LogP contribution in [0.3, 0.4) is 0 Å². The largest absolute Gasteiger partial charge is 1.00 e. The molecule has 0 aromatic rings. The van der Waals surface area contributed by atoms with Gasteiger partial charge in [0.15, 0.2) is 0 Å². The van der Waals surface area contributed by atoms with Crippen LogP contribution in [0.25, 0.3) is 5.32 Å². The molecule has 0 atom stereocenters. The maximum absolute atomic E-state index is 4.28. The van der Waals surface area contributed by atoms with Crippen molar-refractivity contribution in [3.8, 4) is 0 Å². The molecule has 0 fully saturated rings. The molecule has 30 heavy (non-hydrogen) atoms. The molecule has 5 nitrogen and oxygen atoms in total. The van der Waals surface area contributed by atoms with Gasteiger partial charge >= 0.3 is 18.9 Å². The molecule has 6 heteroatoms. The van der Waals surface area contributed by atoms with E-state index < -0.39 is 0 Å². The second kappa shape index (κ2) is 17.0. The van der Waals surface area contributed by atoms with Crippen LogP contribution in [0.15, 0.2) is 0 Å². The molecule has 0 aromatic heterocycles. The maximum Gasteiger partial charge on any atom is 1.00 e. The van der Waals surface area contributed by atoms with Crippen LogP contribution >= 0.6 is 0 Å². The summed E-state index contributed by atoms with van der Waals surface area (Å²) in [6, 6.07) is 3.67. The molecule has 0 bridgehead atoms. The van der Waals surface area contributed by atoms with Gasteiger partial charge in [-0.25, -0.2) is 15.0 Å². The molecule has 0 aromatic carbocycles. The van der Waals surface area contributed by atoms with Crippen LogP contribution in [0.1, 0.15) is 111 Å². The number of nitrogens with zero attached hydrogens (tertiary/aromatic N) is 5. The first kappa shape index (κ1) is 35.0. The van der Waals surface area contributed by atoms with Gasteiger partial charge in [0.25, 0.3) is 0 Å². The van der Waals surface area contributed by atoms with E-state index >= 15 is 0 Å². The Morgan fingerprint density at radius 3 is 0.600 bits per heavy atom. The molecule has 0 amide bonds. The number of hydrogen-bond donors (Lipinski definition) is 0. The second-order valence-electron chi connectivity index (χ2n) is 10.3. The van der Waals surface area contributed by atoms with Gasteiger partial charge in [-0.15, -0.1) is 17.3 Å². The quantitative estimate of drug-likeness (QED) is 0.376. The predicted molar refractivity (Wildman–Crippen MR) is 132 cm³/mol. The molecule has 0 saturated heterocycles. The van der Waals surface area contributed by atoms with Crippen molar-refractivity contribution in [2.45, 2.75) is 159 Å². The van der Waals surface area contributed by atoms with Gasteiger partial charge in [-0.1, -0.05) is 27.7 Å². The number of hydrogen-bond acceptors (Lipinski definition) is 4. The Morgan fingerprint density at radius 1 is 0.367 bits per heavy atom. The molecule has 0 spiro atoms. The monoisotopic (exact) mass is 421 g/mol. The normalized spacial score (nSPS) is 12.8. The Labute approximate surface area is 203 Å². The molecule has 0 aliphatic carbocycles. The predicted octanol–water partition coefficient (Wildman–Crippen LogP) is 3.57. The zero-order chi connectivity index (χ0) is 23.6. The Hall–Kier alpha value is 0.397. The molecule has 0 saturated carbocycles. The second-order valence-corrected chi connectivity index (χ2v) is 10.3. The number of hydrazine groups is 3. The molecule has 0 aliphatic heterocycles. The molecule has 0 N–H and O–H groups in total. The third-order valence-corrected chi connectivity index (χ3v) is 4.39. The van der Waals surface area contributed by atoms with Gasteiger partial charge in [-0.3, -0.25) is 0 Å². The number of rotatable bonds is 11. The fourth-order valence-corrected chi connectivity index (χ4v) is 3.98. The van der Waals surface area contributed by atoms with Gasteiger partial charge in [0.05, 0.1) is 0 Å². The summed E-state index contributed by atoms with van der Waals surface area (Å²) in [5.74, 6) is 0. The fraction of sp³-hybridized carbons (Fsp3) is 1.00. The van der Waals surface area contributed by atoms with Crippen molar-refractivity contribution >= 4 is 0 Å². The van der Waals surface area contributed by atoms with Crippen molar-refractivity contribution in [3.05, 3.63) is 5.32 Å².